The van der Waals surface area contributed by atoms with E-state index in [-0.39, 0.29) is 10.8 Å². The number of hydrogen-bond acceptors (Lipinski definition) is 3. The minimum Gasteiger partial charge on any atom is -0.387 e. The molecule has 0 aromatic rings. The van der Waals surface area contributed by atoms with Gasteiger partial charge in [0.15, 0.2) is 0 Å². The van der Waals surface area contributed by atoms with Gasteiger partial charge in [-0.3, -0.25) is 4.99 Å². The van der Waals surface area contributed by atoms with Crippen molar-refractivity contribution >= 4 is 5.84 Å². The Labute approximate surface area is 92.5 Å². The molecule has 0 aliphatic carbocycles. The Kier molecular flexibility index (Phi) is 2.53. The molecule has 2 heterocycles. The highest BCUT2D eigenvalue weighted by Gasteiger charge is 2.45. The van der Waals surface area contributed by atoms with Gasteiger partial charge in [-0.05, 0) is 37.8 Å². The Morgan fingerprint density at radius 1 is 1.33 bits per heavy atom. The van der Waals surface area contributed by atoms with Crippen LogP contribution in [0.5, 0.6) is 0 Å². The number of amidine groups is 1. The monoisotopic (exact) mass is 209 g/mol. The number of rotatable bonds is 0. The van der Waals surface area contributed by atoms with Gasteiger partial charge in [0, 0.05) is 5.41 Å². The Morgan fingerprint density at radius 2 is 1.93 bits per heavy atom. The van der Waals surface area contributed by atoms with E-state index in [9.17, 15) is 0 Å². The lowest BCUT2D eigenvalue weighted by molar-refractivity contribution is 0.227. The van der Waals surface area contributed by atoms with E-state index in [0.717, 1.165) is 38.2 Å². The quantitative estimate of drug-likeness (QED) is 0.635. The van der Waals surface area contributed by atoms with E-state index >= 15 is 0 Å². The average Bonchev–Trinajstić information content (AvgIpc) is 2.45. The summed E-state index contributed by atoms with van der Waals surface area (Å²) >= 11 is 0. The van der Waals surface area contributed by atoms with E-state index in [0.29, 0.717) is 6.04 Å². The number of nitrogens with zero attached hydrogens (tertiary/aromatic N) is 1. The molecule has 3 nitrogen and oxygen atoms in total. The Morgan fingerprint density at radius 3 is 2.40 bits per heavy atom. The van der Waals surface area contributed by atoms with Crippen molar-refractivity contribution in [3.63, 3.8) is 0 Å². The van der Waals surface area contributed by atoms with Gasteiger partial charge in [0.2, 0.25) is 0 Å². The van der Waals surface area contributed by atoms with Gasteiger partial charge in [-0.1, -0.05) is 20.8 Å². The first kappa shape index (κ1) is 10.9. The highest BCUT2D eigenvalue weighted by atomic mass is 15.0. The van der Waals surface area contributed by atoms with Gasteiger partial charge in [0.05, 0.1) is 6.04 Å². The Balaban J connectivity index is 2.16. The molecule has 3 heteroatoms. The van der Waals surface area contributed by atoms with E-state index in [1.54, 1.807) is 0 Å². The lowest BCUT2D eigenvalue weighted by Gasteiger charge is -2.35. The van der Waals surface area contributed by atoms with E-state index in [4.69, 9.17) is 10.7 Å². The van der Waals surface area contributed by atoms with Crippen LogP contribution in [0.3, 0.4) is 0 Å². The molecular weight excluding hydrogens is 186 g/mol. The zero-order chi connectivity index (χ0) is 11.1. The highest BCUT2D eigenvalue weighted by Crippen LogP contribution is 2.44. The number of aliphatic imine (C=N–C) groups is 1. The number of nitrogens with two attached hydrogens (primary N) is 1. The fourth-order valence-electron chi connectivity index (χ4n) is 2.69. The number of piperidine rings is 1. The molecule has 2 aliphatic rings. The molecule has 15 heavy (non-hydrogen) atoms. The zero-order valence-electron chi connectivity index (χ0n) is 10.1. The molecule has 0 radical (unpaired) electrons. The molecule has 0 aromatic carbocycles. The molecule has 0 saturated carbocycles. The second-order valence-corrected chi connectivity index (χ2v) is 6.13. The van der Waals surface area contributed by atoms with Crippen LogP contribution in [0.2, 0.25) is 0 Å². The summed E-state index contributed by atoms with van der Waals surface area (Å²) in [6.45, 7) is 8.96. The van der Waals surface area contributed by atoms with E-state index < -0.39 is 0 Å². The molecule has 3 N–H and O–H groups in total. The van der Waals surface area contributed by atoms with Crippen LogP contribution >= 0.6 is 0 Å². The van der Waals surface area contributed by atoms with E-state index in [2.05, 4.69) is 26.1 Å². The summed E-state index contributed by atoms with van der Waals surface area (Å²) < 4.78 is 0. The molecule has 0 amide bonds. The van der Waals surface area contributed by atoms with Crippen LogP contribution in [-0.4, -0.2) is 25.0 Å². The van der Waals surface area contributed by atoms with Gasteiger partial charge in [-0.25, -0.2) is 0 Å². The predicted molar refractivity (Wildman–Crippen MR) is 64.0 cm³/mol. The fraction of sp³-hybridized carbons (Fsp3) is 0.917. The first-order valence-corrected chi connectivity index (χ1v) is 5.99. The Hall–Kier alpha value is -0.570. The molecule has 0 aromatic heterocycles. The molecule has 1 unspecified atom stereocenters. The van der Waals surface area contributed by atoms with Crippen LogP contribution in [0, 0.1) is 10.8 Å². The van der Waals surface area contributed by atoms with Gasteiger partial charge in [-0.2, -0.15) is 0 Å². The maximum atomic E-state index is 6.15. The van der Waals surface area contributed by atoms with Crippen LogP contribution in [0.1, 0.15) is 40.0 Å². The molecule has 86 valence electrons. The summed E-state index contributed by atoms with van der Waals surface area (Å²) in [5.41, 5.74) is 6.63. The summed E-state index contributed by atoms with van der Waals surface area (Å²) in [5.74, 6) is 0.920. The first-order valence-electron chi connectivity index (χ1n) is 5.99. The maximum Gasteiger partial charge on any atom is 0.100 e. The van der Waals surface area contributed by atoms with E-state index in [1.807, 2.05) is 0 Å². The second-order valence-electron chi connectivity index (χ2n) is 6.13. The van der Waals surface area contributed by atoms with Gasteiger partial charge < -0.3 is 11.1 Å². The van der Waals surface area contributed by atoms with Crippen molar-refractivity contribution in [2.45, 2.75) is 46.1 Å². The summed E-state index contributed by atoms with van der Waals surface area (Å²) in [4.78, 5) is 4.70. The van der Waals surface area contributed by atoms with Gasteiger partial charge >= 0.3 is 0 Å². The van der Waals surface area contributed by atoms with Crippen LogP contribution < -0.4 is 11.1 Å². The predicted octanol–water partition coefficient (Wildman–Crippen LogP) is 1.53. The topological polar surface area (TPSA) is 50.4 Å². The first-order chi connectivity index (χ1) is 6.94. The third-order valence-corrected chi connectivity index (χ3v) is 3.98. The Bertz CT molecular complexity index is 269. The zero-order valence-corrected chi connectivity index (χ0v) is 10.1. The molecule has 1 saturated heterocycles. The minimum atomic E-state index is 0.225. The molecule has 1 fully saturated rings. The fourth-order valence-corrected chi connectivity index (χ4v) is 2.69. The summed E-state index contributed by atoms with van der Waals surface area (Å²) in [5, 5.41) is 3.40. The van der Waals surface area contributed by atoms with Crippen molar-refractivity contribution in [3.05, 3.63) is 0 Å². The average molecular weight is 209 g/mol. The third kappa shape index (κ3) is 1.89. The van der Waals surface area contributed by atoms with Gasteiger partial charge in [-0.15, -0.1) is 0 Å². The van der Waals surface area contributed by atoms with E-state index in [1.165, 1.54) is 0 Å². The summed E-state index contributed by atoms with van der Waals surface area (Å²) in [7, 11) is 0. The summed E-state index contributed by atoms with van der Waals surface area (Å²) in [6.07, 6.45) is 3.48. The lowest BCUT2D eigenvalue weighted by Crippen LogP contribution is -2.44. The second kappa shape index (κ2) is 3.48. The number of hydrogen-bond donors (Lipinski definition) is 2. The van der Waals surface area contributed by atoms with Gasteiger partial charge in [0.25, 0.3) is 0 Å². The van der Waals surface area contributed by atoms with Gasteiger partial charge in [0.1, 0.15) is 5.84 Å². The maximum absolute atomic E-state index is 6.15. The van der Waals surface area contributed by atoms with Crippen molar-refractivity contribution in [2.24, 2.45) is 21.6 Å². The third-order valence-electron chi connectivity index (χ3n) is 3.98. The van der Waals surface area contributed by atoms with Crippen molar-refractivity contribution in [3.8, 4) is 0 Å². The molecule has 2 aliphatic heterocycles. The molecular formula is C12H23N3. The normalized spacial score (nSPS) is 30.6. The molecule has 1 spiro atoms. The van der Waals surface area contributed by atoms with Crippen LogP contribution in [0.15, 0.2) is 4.99 Å². The standard InChI is InChI=1S/C12H23N3/c1-11(2,3)9-8-12(10(13)15-9)4-6-14-7-5-12/h9,14H,4-8H2,1-3H3,(H2,13,15). The van der Waals surface area contributed by atoms with Crippen LogP contribution in [0.4, 0.5) is 0 Å². The summed E-state index contributed by atoms with van der Waals surface area (Å²) in [6, 6.07) is 0.413. The SMILES string of the molecule is CC(C)(C)C1CC2(CCNCC2)C(N)=N1. The lowest BCUT2D eigenvalue weighted by atomic mass is 9.72. The molecule has 2 rings (SSSR count). The largest absolute Gasteiger partial charge is 0.387 e. The van der Waals surface area contributed by atoms with Crippen molar-refractivity contribution in [2.75, 3.05) is 13.1 Å². The molecule has 0 bridgehead atoms. The van der Waals surface area contributed by atoms with Crippen LogP contribution in [0.25, 0.3) is 0 Å². The van der Waals surface area contributed by atoms with Crippen molar-refractivity contribution in [1.29, 1.82) is 0 Å². The molecule has 1 atom stereocenters. The van der Waals surface area contributed by atoms with Crippen LogP contribution in [-0.2, 0) is 0 Å². The van der Waals surface area contributed by atoms with Crippen molar-refractivity contribution in [1.82, 2.24) is 5.32 Å². The number of nitrogens with one attached hydrogen (secondary N) is 1. The highest BCUT2D eigenvalue weighted by molar-refractivity contribution is 5.88. The van der Waals surface area contributed by atoms with Crippen molar-refractivity contribution < 1.29 is 0 Å². The minimum absolute atomic E-state index is 0.225. The smallest absolute Gasteiger partial charge is 0.100 e.